The van der Waals surface area contributed by atoms with Gasteiger partial charge in [0.05, 0.1) is 11.8 Å². The van der Waals surface area contributed by atoms with Crippen molar-refractivity contribution in [3.8, 4) is 0 Å². The average molecular weight is 394 g/mol. The van der Waals surface area contributed by atoms with Gasteiger partial charge in [0.2, 0.25) is 0 Å². The van der Waals surface area contributed by atoms with Gasteiger partial charge >= 0.3 is 6.09 Å². The van der Waals surface area contributed by atoms with Crippen LogP contribution in [-0.2, 0) is 11.2 Å². The molecule has 1 aromatic carbocycles. The van der Waals surface area contributed by atoms with E-state index in [0.29, 0.717) is 13.1 Å². The molecule has 0 aliphatic carbocycles. The molecule has 1 aliphatic rings. The van der Waals surface area contributed by atoms with Crippen LogP contribution in [0.4, 0.5) is 9.18 Å². The summed E-state index contributed by atoms with van der Waals surface area (Å²) in [5, 5.41) is 0. The van der Waals surface area contributed by atoms with Crippen LogP contribution < -0.4 is 0 Å². The molecule has 0 atom stereocenters. The number of aromatic nitrogens is 1. The highest BCUT2D eigenvalue weighted by molar-refractivity contribution is 5.97. The van der Waals surface area contributed by atoms with E-state index >= 15 is 0 Å². The molecule has 0 radical (unpaired) electrons. The lowest BCUT2D eigenvalue weighted by atomic mass is 9.93. The second kappa shape index (κ2) is 9.28. The molecular weight excluding hydrogens is 371 g/mol. The molecule has 5 nitrogen and oxygen atoms in total. The number of Topliss-reactive ketones (excluding diaryl/α,β-unsaturated/α-hetero) is 1. The summed E-state index contributed by atoms with van der Waals surface area (Å²) in [7, 11) is 0. The number of pyridine rings is 1. The van der Waals surface area contributed by atoms with E-state index in [9.17, 15) is 14.0 Å². The fraction of sp³-hybridized carbons (Fsp3) is 0.261. The van der Waals surface area contributed by atoms with Gasteiger partial charge < -0.3 is 9.64 Å². The maximum Gasteiger partial charge on any atom is 0.410 e. The van der Waals surface area contributed by atoms with Crippen molar-refractivity contribution in [1.29, 1.82) is 0 Å². The zero-order valence-electron chi connectivity index (χ0n) is 16.4. The summed E-state index contributed by atoms with van der Waals surface area (Å²) in [4.78, 5) is 29.8. The number of carbonyl (C=O) groups is 2. The summed E-state index contributed by atoms with van der Waals surface area (Å²) < 4.78 is 18.9. The Bertz CT molecular complexity index is 951. The number of ether oxygens (including phenoxy) is 1. The van der Waals surface area contributed by atoms with Gasteiger partial charge in [-0.05, 0) is 36.1 Å². The van der Waals surface area contributed by atoms with Crippen molar-refractivity contribution in [3.05, 3.63) is 83.5 Å². The number of nitrogens with zero attached hydrogens (tertiary/aromatic N) is 2. The highest BCUT2D eigenvalue weighted by Gasteiger charge is 2.23. The van der Waals surface area contributed by atoms with Crippen molar-refractivity contribution in [2.75, 3.05) is 19.7 Å². The number of halogens is 1. The monoisotopic (exact) mass is 394 g/mol. The molecule has 2 aromatic rings. The van der Waals surface area contributed by atoms with Crippen LogP contribution in [0.25, 0.3) is 5.57 Å². The second-order valence-corrected chi connectivity index (χ2v) is 6.95. The van der Waals surface area contributed by atoms with Crippen molar-refractivity contribution in [3.63, 3.8) is 0 Å². The van der Waals surface area contributed by atoms with E-state index in [2.05, 4.69) is 18.5 Å². The predicted octanol–water partition coefficient (Wildman–Crippen LogP) is 4.45. The predicted molar refractivity (Wildman–Crippen MR) is 109 cm³/mol. The number of carbonyl (C=O) groups excluding carboxylic acids is 2. The van der Waals surface area contributed by atoms with E-state index in [1.165, 1.54) is 17.8 Å². The van der Waals surface area contributed by atoms with Gasteiger partial charge in [-0.25, -0.2) is 9.18 Å². The van der Waals surface area contributed by atoms with E-state index in [4.69, 9.17) is 4.74 Å². The van der Waals surface area contributed by atoms with E-state index in [-0.39, 0.29) is 30.5 Å². The number of hydrogen-bond donors (Lipinski definition) is 0. The Morgan fingerprint density at radius 1 is 1.28 bits per heavy atom. The third-order valence-corrected chi connectivity index (χ3v) is 4.94. The first-order chi connectivity index (χ1) is 14.0. The molecule has 2 heterocycles. The summed E-state index contributed by atoms with van der Waals surface area (Å²) in [6.45, 7) is 6.90. The van der Waals surface area contributed by atoms with Gasteiger partial charge in [0, 0.05) is 25.7 Å². The molecule has 1 amide bonds. The first-order valence-corrected chi connectivity index (χ1v) is 9.43. The molecule has 150 valence electrons. The van der Waals surface area contributed by atoms with Crippen LogP contribution in [0.15, 0.2) is 61.0 Å². The molecule has 0 saturated heterocycles. The summed E-state index contributed by atoms with van der Waals surface area (Å²) in [5.41, 5.74) is 4.13. The van der Waals surface area contributed by atoms with Gasteiger partial charge in [-0.3, -0.25) is 9.78 Å². The van der Waals surface area contributed by atoms with E-state index in [1.807, 2.05) is 24.3 Å². The summed E-state index contributed by atoms with van der Waals surface area (Å²) in [6, 6.07) is 8.98. The summed E-state index contributed by atoms with van der Waals surface area (Å²) in [5.74, 6) is -0.901. The van der Waals surface area contributed by atoms with Gasteiger partial charge in [-0.2, -0.15) is 0 Å². The molecule has 0 bridgehead atoms. The third-order valence-electron chi connectivity index (χ3n) is 4.94. The smallest absolute Gasteiger partial charge is 0.410 e. The van der Waals surface area contributed by atoms with Gasteiger partial charge in [0.15, 0.2) is 11.6 Å². The van der Waals surface area contributed by atoms with Gasteiger partial charge in [0.1, 0.15) is 6.61 Å². The van der Waals surface area contributed by atoms with Crippen LogP contribution in [0, 0.1) is 5.82 Å². The standard InChI is InChI=1S/C23H23FN2O3/c1-3-12-29-23(28)26-11-9-16(2)20(15-26)18-6-4-17(5-7-18)13-22(27)19-8-10-25-14-21(19)24/h3-8,10,14H,1,9,11-13,15H2,2H3. The zero-order chi connectivity index (χ0) is 20.8. The molecule has 1 aliphatic heterocycles. The van der Waals surface area contributed by atoms with Gasteiger partial charge in [0.25, 0.3) is 0 Å². The average Bonchev–Trinajstić information content (AvgIpc) is 2.73. The minimum atomic E-state index is -0.611. The highest BCUT2D eigenvalue weighted by atomic mass is 19.1. The molecule has 0 fully saturated rings. The van der Waals surface area contributed by atoms with Crippen molar-refractivity contribution in [2.45, 2.75) is 19.8 Å². The second-order valence-electron chi connectivity index (χ2n) is 6.95. The lowest BCUT2D eigenvalue weighted by Gasteiger charge is -2.29. The first-order valence-electron chi connectivity index (χ1n) is 9.43. The quantitative estimate of drug-likeness (QED) is 0.537. The lowest BCUT2D eigenvalue weighted by Crippen LogP contribution is -2.36. The molecule has 0 saturated carbocycles. The van der Waals surface area contributed by atoms with Gasteiger partial charge in [-0.1, -0.05) is 42.5 Å². The normalized spacial score (nSPS) is 13.9. The van der Waals surface area contributed by atoms with Crippen LogP contribution in [0.5, 0.6) is 0 Å². The Morgan fingerprint density at radius 3 is 2.72 bits per heavy atom. The molecule has 0 spiro atoms. The number of ketones is 1. The molecule has 0 unspecified atom stereocenters. The SMILES string of the molecule is C=CCOC(=O)N1CCC(C)=C(c2ccc(CC(=O)c3ccncc3F)cc2)C1. The summed E-state index contributed by atoms with van der Waals surface area (Å²) >= 11 is 0. The topological polar surface area (TPSA) is 59.5 Å². The minimum Gasteiger partial charge on any atom is -0.445 e. The molecule has 29 heavy (non-hydrogen) atoms. The Kier molecular flexibility index (Phi) is 6.54. The van der Waals surface area contributed by atoms with Gasteiger partial charge in [-0.15, -0.1) is 0 Å². The largest absolute Gasteiger partial charge is 0.445 e. The first kappa shape index (κ1) is 20.5. The van der Waals surface area contributed by atoms with Crippen LogP contribution in [0.3, 0.4) is 0 Å². The summed E-state index contributed by atoms with van der Waals surface area (Å²) in [6.07, 6.45) is 4.53. The maximum absolute atomic E-state index is 13.7. The van der Waals surface area contributed by atoms with Crippen molar-refractivity contribution < 1.29 is 18.7 Å². The minimum absolute atomic E-state index is 0.0450. The Labute approximate surface area is 169 Å². The van der Waals surface area contributed by atoms with E-state index < -0.39 is 5.82 Å². The molecule has 6 heteroatoms. The van der Waals surface area contributed by atoms with Crippen molar-refractivity contribution in [1.82, 2.24) is 9.88 Å². The maximum atomic E-state index is 13.7. The van der Waals surface area contributed by atoms with E-state index in [1.54, 1.807) is 11.0 Å². The fourth-order valence-corrected chi connectivity index (χ4v) is 3.28. The number of benzene rings is 1. The molecular formula is C23H23FN2O3. The number of hydrogen-bond acceptors (Lipinski definition) is 4. The van der Waals surface area contributed by atoms with E-state index in [0.717, 1.165) is 29.3 Å². The van der Waals surface area contributed by atoms with Crippen LogP contribution in [-0.4, -0.2) is 41.5 Å². The Morgan fingerprint density at radius 2 is 2.03 bits per heavy atom. The number of rotatable bonds is 6. The zero-order valence-corrected chi connectivity index (χ0v) is 16.4. The number of amides is 1. The van der Waals surface area contributed by atoms with Crippen LogP contribution >= 0.6 is 0 Å². The highest BCUT2D eigenvalue weighted by Crippen LogP contribution is 2.27. The molecule has 1 aromatic heterocycles. The Balaban J connectivity index is 1.70. The molecule has 3 rings (SSSR count). The molecule has 0 N–H and O–H groups in total. The fourth-order valence-electron chi connectivity index (χ4n) is 3.28. The third kappa shape index (κ3) is 4.96. The van der Waals surface area contributed by atoms with Crippen molar-refractivity contribution in [2.24, 2.45) is 0 Å². The lowest BCUT2D eigenvalue weighted by molar-refractivity contribution is 0.0988. The van der Waals surface area contributed by atoms with Crippen molar-refractivity contribution >= 4 is 17.4 Å². The Hall–Kier alpha value is -3.28. The van der Waals surface area contributed by atoms with Crippen LogP contribution in [0.1, 0.15) is 34.8 Å². The van der Waals surface area contributed by atoms with Crippen LogP contribution in [0.2, 0.25) is 0 Å².